The van der Waals surface area contributed by atoms with Gasteiger partial charge in [0.1, 0.15) is 0 Å². The second-order valence-corrected chi connectivity index (χ2v) is 4.21. The van der Waals surface area contributed by atoms with Crippen molar-refractivity contribution in [1.29, 1.82) is 0 Å². The van der Waals surface area contributed by atoms with Crippen molar-refractivity contribution in [3.05, 3.63) is 24.5 Å². The van der Waals surface area contributed by atoms with Gasteiger partial charge in [0, 0.05) is 24.6 Å². The Morgan fingerprint density at radius 1 is 1.33 bits per heavy atom. The van der Waals surface area contributed by atoms with Gasteiger partial charge in [0.05, 0.1) is 6.10 Å². The summed E-state index contributed by atoms with van der Waals surface area (Å²) in [5, 5.41) is 15.2. The van der Waals surface area contributed by atoms with Crippen LogP contribution in [0.5, 0.6) is 0 Å². The molecule has 0 radical (unpaired) electrons. The van der Waals surface area contributed by atoms with Gasteiger partial charge in [-0.25, -0.2) is 4.79 Å². The van der Waals surface area contributed by atoms with Gasteiger partial charge in [-0.15, -0.1) is 0 Å². The molecule has 0 saturated carbocycles. The number of pyridine rings is 1. The van der Waals surface area contributed by atoms with Gasteiger partial charge in [0.25, 0.3) is 0 Å². The maximum Gasteiger partial charge on any atom is 0.319 e. The van der Waals surface area contributed by atoms with Crippen LogP contribution < -0.4 is 10.6 Å². The smallest absolute Gasteiger partial charge is 0.319 e. The van der Waals surface area contributed by atoms with Crippen molar-refractivity contribution in [2.24, 2.45) is 5.92 Å². The van der Waals surface area contributed by atoms with Crippen LogP contribution in [0.3, 0.4) is 0 Å². The van der Waals surface area contributed by atoms with Crippen LogP contribution in [0.2, 0.25) is 0 Å². The number of nitrogens with one attached hydrogen (secondary N) is 2. The maximum absolute atomic E-state index is 11.6. The number of nitrogens with zero attached hydrogens (tertiary/aromatic N) is 1. The van der Waals surface area contributed by atoms with E-state index in [1.54, 1.807) is 24.5 Å². The summed E-state index contributed by atoms with van der Waals surface area (Å²) in [6.45, 7) is 4.34. The van der Waals surface area contributed by atoms with Crippen molar-refractivity contribution in [3.63, 3.8) is 0 Å². The minimum atomic E-state index is -0.497. The quantitative estimate of drug-likeness (QED) is 0.724. The molecule has 0 fully saturated rings. The number of hydrogen-bond donors (Lipinski definition) is 3. The zero-order valence-corrected chi connectivity index (χ0v) is 10.9. The van der Waals surface area contributed by atoms with Crippen molar-refractivity contribution in [2.75, 3.05) is 11.9 Å². The number of carbonyl (C=O) groups is 1. The van der Waals surface area contributed by atoms with Crippen LogP contribution in [0.15, 0.2) is 24.5 Å². The third-order valence-electron chi connectivity index (χ3n) is 3.00. The molecule has 2 amide bonds. The molecule has 0 spiro atoms. The Bertz CT molecular complexity index is 353. The minimum Gasteiger partial charge on any atom is -0.391 e. The number of hydrogen-bond acceptors (Lipinski definition) is 3. The van der Waals surface area contributed by atoms with Gasteiger partial charge < -0.3 is 15.7 Å². The first kappa shape index (κ1) is 14.4. The average molecular weight is 251 g/mol. The second-order valence-electron chi connectivity index (χ2n) is 4.21. The van der Waals surface area contributed by atoms with Crippen LogP contribution in [0, 0.1) is 5.92 Å². The standard InChI is InChI=1S/C13H21N3O2/c1-3-10(4-2)12(17)9-15-13(18)16-11-5-7-14-8-6-11/h5-8,10,12,17H,3-4,9H2,1-2H3,(H2,14,15,16,18). The molecule has 1 aromatic heterocycles. The fourth-order valence-electron chi connectivity index (χ4n) is 1.81. The molecule has 1 rings (SSSR count). The summed E-state index contributed by atoms with van der Waals surface area (Å²) in [6, 6.07) is 3.10. The van der Waals surface area contributed by atoms with E-state index in [9.17, 15) is 9.90 Å². The topological polar surface area (TPSA) is 74.2 Å². The molecule has 0 aliphatic heterocycles. The van der Waals surface area contributed by atoms with Crippen LogP contribution in [0.25, 0.3) is 0 Å². The Morgan fingerprint density at radius 2 is 1.94 bits per heavy atom. The number of amides is 2. The molecule has 0 saturated heterocycles. The molecule has 5 heteroatoms. The van der Waals surface area contributed by atoms with Crippen LogP contribution in [-0.4, -0.2) is 28.8 Å². The van der Waals surface area contributed by atoms with Crippen molar-refractivity contribution in [2.45, 2.75) is 32.8 Å². The van der Waals surface area contributed by atoms with E-state index in [-0.39, 0.29) is 18.5 Å². The lowest BCUT2D eigenvalue weighted by Gasteiger charge is -2.20. The van der Waals surface area contributed by atoms with Gasteiger partial charge in [0.2, 0.25) is 0 Å². The van der Waals surface area contributed by atoms with E-state index in [1.165, 1.54) is 0 Å². The van der Waals surface area contributed by atoms with E-state index < -0.39 is 6.10 Å². The minimum absolute atomic E-state index is 0.228. The summed E-state index contributed by atoms with van der Waals surface area (Å²) in [6.07, 6.45) is 4.53. The first-order valence-corrected chi connectivity index (χ1v) is 6.30. The zero-order valence-electron chi connectivity index (χ0n) is 10.9. The van der Waals surface area contributed by atoms with Crippen molar-refractivity contribution in [3.8, 4) is 0 Å². The van der Waals surface area contributed by atoms with Gasteiger partial charge in [-0.3, -0.25) is 4.98 Å². The number of carbonyl (C=O) groups excluding carboxylic acids is 1. The zero-order chi connectivity index (χ0) is 13.4. The highest BCUT2D eigenvalue weighted by Crippen LogP contribution is 2.12. The molecule has 100 valence electrons. The van der Waals surface area contributed by atoms with Gasteiger partial charge in [-0.05, 0) is 18.1 Å². The summed E-state index contributed by atoms with van der Waals surface area (Å²) in [4.78, 5) is 15.4. The molecular formula is C13H21N3O2. The summed E-state index contributed by atoms with van der Waals surface area (Å²) < 4.78 is 0. The van der Waals surface area contributed by atoms with Crippen LogP contribution in [0.4, 0.5) is 10.5 Å². The molecule has 0 aliphatic rings. The van der Waals surface area contributed by atoms with Gasteiger partial charge in [-0.2, -0.15) is 0 Å². The van der Waals surface area contributed by atoms with Crippen LogP contribution in [0.1, 0.15) is 26.7 Å². The summed E-state index contributed by atoms with van der Waals surface area (Å²) in [5.41, 5.74) is 0.680. The molecule has 1 heterocycles. The van der Waals surface area contributed by atoms with E-state index in [0.29, 0.717) is 5.69 Å². The second kappa shape index (κ2) is 7.66. The fraction of sp³-hybridized carbons (Fsp3) is 0.538. The number of urea groups is 1. The highest BCUT2D eigenvalue weighted by atomic mass is 16.3. The number of anilines is 1. The van der Waals surface area contributed by atoms with E-state index in [4.69, 9.17) is 0 Å². The van der Waals surface area contributed by atoms with Gasteiger partial charge in [0.15, 0.2) is 0 Å². The molecule has 1 atom stereocenters. The Balaban J connectivity index is 2.33. The Kier molecular flexibility index (Phi) is 6.14. The highest BCUT2D eigenvalue weighted by Gasteiger charge is 2.15. The third-order valence-corrected chi connectivity index (χ3v) is 3.00. The monoisotopic (exact) mass is 251 g/mol. The lowest BCUT2D eigenvalue weighted by molar-refractivity contribution is 0.104. The van der Waals surface area contributed by atoms with E-state index in [1.807, 2.05) is 13.8 Å². The Morgan fingerprint density at radius 3 is 2.50 bits per heavy atom. The lowest BCUT2D eigenvalue weighted by atomic mass is 9.97. The highest BCUT2D eigenvalue weighted by molar-refractivity contribution is 5.89. The van der Waals surface area contributed by atoms with Crippen molar-refractivity contribution >= 4 is 11.7 Å². The first-order valence-electron chi connectivity index (χ1n) is 6.30. The number of aliphatic hydroxyl groups excluding tert-OH is 1. The van der Waals surface area contributed by atoms with Crippen molar-refractivity contribution < 1.29 is 9.90 Å². The third kappa shape index (κ3) is 4.71. The van der Waals surface area contributed by atoms with E-state index >= 15 is 0 Å². The predicted octanol–water partition coefficient (Wildman–Crippen LogP) is 2.00. The molecule has 1 aromatic rings. The van der Waals surface area contributed by atoms with Crippen LogP contribution in [-0.2, 0) is 0 Å². The average Bonchev–Trinajstić information content (AvgIpc) is 2.39. The normalized spacial score (nSPS) is 12.2. The molecule has 0 aromatic carbocycles. The first-order chi connectivity index (χ1) is 8.67. The molecule has 0 bridgehead atoms. The summed E-state index contributed by atoms with van der Waals surface area (Å²) >= 11 is 0. The molecule has 5 nitrogen and oxygen atoms in total. The number of aliphatic hydroxyl groups is 1. The number of rotatable bonds is 6. The van der Waals surface area contributed by atoms with E-state index in [0.717, 1.165) is 12.8 Å². The molecule has 3 N–H and O–H groups in total. The maximum atomic E-state index is 11.6. The molecular weight excluding hydrogens is 230 g/mol. The largest absolute Gasteiger partial charge is 0.391 e. The predicted molar refractivity (Wildman–Crippen MR) is 71.3 cm³/mol. The lowest BCUT2D eigenvalue weighted by Crippen LogP contribution is -2.38. The van der Waals surface area contributed by atoms with Gasteiger partial charge >= 0.3 is 6.03 Å². The van der Waals surface area contributed by atoms with Crippen molar-refractivity contribution in [1.82, 2.24) is 10.3 Å². The van der Waals surface area contributed by atoms with Gasteiger partial charge in [-0.1, -0.05) is 26.7 Å². The molecule has 1 unspecified atom stereocenters. The Labute approximate surface area is 108 Å². The summed E-state index contributed by atoms with van der Waals surface area (Å²) in [5.74, 6) is 0.228. The number of aromatic nitrogens is 1. The van der Waals surface area contributed by atoms with Crippen LogP contribution >= 0.6 is 0 Å². The molecule has 0 aliphatic carbocycles. The fourth-order valence-corrected chi connectivity index (χ4v) is 1.81. The molecule has 18 heavy (non-hydrogen) atoms. The Hall–Kier alpha value is -1.62. The summed E-state index contributed by atoms with van der Waals surface area (Å²) in [7, 11) is 0. The SMILES string of the molecule is CCC(CC)C(O)CNC(=O)Nc1ccncc1. The van der Waals surface area contributed by atoms with E-state index in [2.05, 4.69) is 15.6 Å².